The van der Waals surface area contributed by atoms with E-state index in [0.29, 0.717) is 30.4 Å². The van der Waals surface area contributed by atoms with Gasteiger partial charge in [0.15, 0.2) is 11.5 Å². The smallest absolute Gasteiger partial charge is 0.262 e. The topological polar surface area (TPSA) is 93.7 Å². The first-order chi connectivity index (χ1) is 14.4. The lowest BCUT2D eigenvalue weighted by molar-refractivity contribution is 0.102. The Labute approximate surface area is 172 Å². The molecule has 1 amide bonds. The Hall–Kier alpha value is -3.59. The molecule has 0 saturated heterocycles. The van der Waals surface area contributed by atoms with Gasteiger partial charge in [-0.1, -0.05) is 12.1 Å². The van der Waals surface area contributed by atoms with Gasteiger partial charge in [-0.25, -0.2) is 12.8 Å². The number of amides is 1. The second-order valence-electron chi connectivity index (χ2n) is 6.42. The molecule has 0 fully saturated rings. The summed E-state index contributed by atoms with van der Waals surface area (Å²) in [4.78, 5) is 12.6. The molecule has 0 unspecified atom stereocenters. The molecule has 0 bridgehead atoms. The molecule has 1 heterocycles. The minimum atomic E-state index is -4.00. The average Bonchev–Trinajstić information content (AvgIpc) is 2.75. The van der Waals surface area contributed by atoms with E-state index in [1.165, 1.54) is 54.6 Å². The standard InChI is InChI=1S/C21H17FN2O5S/c22-14-5-7-15(8-6-14)23-21(25)17-3-1-2-4-18(17)24-30(26,27)16-9-10-19-20(13-16)29-12-11-28-19/h1-10,13,24H,11-12H2,(H,23,25). The van der Waals surface area contributed by atoms with E-state index >= 15 is 0 Å². The van der Waals surface area contributed by atoms with Crippen molar-refractivity contribution in [3.8, 4) is 11.5 Å². The SMILES string of the molecule is O=C(Nc1ccc(F)cc1)c1ccccc1NS(=O)(=O)c1ccc2c(c1)OCCO2. The highest BCUT2D eigenvalue weighted by Crippen LogP contribution is 2.33. The first-order valence-corrected chi connectivity index (χ1v) is 10.5. The number of carbonyl (C=O) groups is 1. The second kappa shape index (κ2) is 8.03. The fraction of sp³-hybridized carbons (Fsp3) is 0.0952. The molecule has 1 aliphatic heterocycles. The molecule has 0 aromatic heterocycles. The summed E-state index contributed by atoms with van der Waals surface area (Å²) in [7, 11) is -4.00. The van der Waals surface area contributed by atoms with Crippen LogP contribution in [0.1, 0.15) is 10.4 Å². The highest BCUT2D eigenvalue weighted by atomic mass is 32.2. The van der Waals surface area contributed by atoms with Crippen molar-refractivity contribution in [1.82, 2.24) is 0 Å². The normalized spacial score (nSPS) is 12.8. The van der Waals surface area contributed by atoms with Crippen molar-refractivity contribution >= 4 is 27.3 Å². The van der Waals surface area contributed by atoms with Crippen molar-refractivity contribution in [2.24, 2.45) is 0 Å². The number of anilines is 2. The van der Waals surface area contributed by atoms with Crippen LogP contribution in [-0.2, 0) is 10.0 Å². The number of hydrogen-bond acceptors (Lipinski definition) is 5. The third-order valence-electron chi connectivity index (χ3n) is 4.34. The maximum absolute atomic E-state index is 13.1. The highest BCUT2D eigenvalue weighted by molar-refractivity contribution is 7.92. The molecule has 4 rings (SSSR count). The Kier molecular flexibility index (Phi) is 5.28. The summed E-state index contributed by atoms with van der Waals surface area (Å²) < 4.78 is 52.1. The van der Waals surface area contributed by atoms with Gasteiger partial charge in [0.25, 0.3) is 15.9 Å². The number of fused-ring (bicyclic) bond motifs is 1. The molecule has 9 heteroatoms. The van der Waals surface area contributed by atoms with Crippen LogP contribution in [0.2, 0.25) is 0 Å². The summed E-state index contributed by atoms with van der Waals surface area (Å²) in [5.74, 6) is -0.159. The molecule has 2 N–H and O–H groups in total. The summed E-state index contributed by atoms with van der Waals surface area (Å²) in [6.45, 7) is 0.726. The zero-order valence-corrected chi connectivity index (χ0v) is 16.4. The number of rotatable bonds is 5. The Balaban J connectivity index is 1.59. The molecule has 0 radical (unpaired) electrons. The second-order valence-corrected chi connectivity index (χ2v) is 8.10. The number of hydrogen-bond donors (Lipinski definition) is 2. The molecule has 3 aromatic carbocycles. The fourth-order valence-electron chi connectivity index (χ4n) is 2.90. The van der Waals surface area contributed by atoms with Gasteiger partial charge in [-0.15, -0.1) is 0 Å². The summed E-state index contributed by atoms with van der Waals surface area (Å²) in [6, 6.07) is 15.7. The van der Waals surface area contributed by atoms with Gasteiger partial charge in [-0.2, -0.15) is 0 Å². The largest absolute Gasteiger partial charge is 0.486 e. The van der Waals surface area contributed by atoms with Gasteiger partial charge < -0.3 is 14.8 Å². The van der Waals surface area contributed by atoms with E-state index in [1.807, 2.05) is 0 Å². The van der Waals surface area contributed by atoms with Gasteiger partial charge in [0.2, 0.25) is 0 Å². The Bertz CT molecular complexity index is 1200. The van der Waals surface area contributed by atoms with Gasteiger partial charge in [0.05, 0.1) is 16.1 Å². The maximum atomic E-state index is 13.1. The van der Waals surface area contributed by atoms with Gasteiger partial charge in [-0.05, 0) is 48.5 Å². The fourth-order valence-corrected chi connectivity index (χ4v) is 3.99. The van der Waals surface area contributed by atoms with Gasteiger partial charge in [0.1, 0.15) is 19.0 Å². The number of carbonyl (C=O) groups excluding carboxylic acids is 1. The van der Waals surface area contributed by atoms with Crippen LogP contribution in [0.15, 0.2) is 71.6 Å². The predicted molar refractivity (Wildman–Crippen MR) is 109 cm³/mol. The lowest BCUT2D eigenvalue weighted by Gasteiger charge is -2.19. The molecule has 30 heavy (non-hydrogen) atoms. The predicted octanol–water partition coefficient (Wildman–Crippen LogP) is 3.65. The quantitative estimate of drug-likeness (QED) is 0.647. The molecule has 0 spiro atoms. The van der Waals surface area contributed by atoms with E-state index in [4.69, 9.17) is 9.47 Å². The van der Waals surface area contributed by atoms with Crippen LogP contribution in [0.25, 0.3) is 0 Å². The van der Waals surface area contributed by atoms with Crippen molar-refractivity contribution in [3.63, 3.8) is 0 Å². The highest BCUT2D eigenvalue weighted by Gasteiger charge is 2.22. The van der Waals surface area contributed by atoms with Crippen molar-refractivity contribution < 1.29 is 27.1 Å². The summed E-state index contributed by atoms with van der Waals surface area (Å²) in [6.07, 6.45) is 0. The van der Waals surface area contributed by atoms with Crippen LogP contribution in [0.3, 0.4) is 0 Å². The Morgan fingerprint density at radius 1 is 0.900 bits per heavy atom. The van der Waals surface area contributed by atoms with E-state index in [2.05, 4.69) is 10.0 Å². The number of para-hydroxylation sites is 1. The number of nitrogens with one attached hydrogen (secondary N) is 2. The molecule has 0 aliphatic carbocycles. The summed E-state index contributed by atoms with van der Waals surface area (Å²) >= 11 is 0. The monoisotopic (exact) mass is 428 g/mol. The first-order valence-electron chi connectivity index (χ1n) is 9.01. The van der Waals surface area contributed by atoms with Crippen molar-refractivity contribution in [1.29, 1.82) is 0 Å². The van der Waals surface area contributed by atoms with E-state index in [1.54, 1.807) is 12.1 Å². The lowest BCUT2D eigenvalue weighted by atomic mass is 10.1. The summed E-state index contributed by atoms with van der Waals surface area (Å²) in [5, 5.41) is 2.62. The Morgan fingerprint density at radius 2 is 1.60 bits per heavy atom. The zero-order valence-electron chi connectivity index (χ0n) is 15.6. The van der Waals surface area contributed by atoms with Gasteiger partial charge in [0, 0.05) is 11.8 Å². The summed E-state index contributed by atoms with van der Waals surface area (Å²) in [5.41, 5.74) is 0.598. The average molecular weight is 428 g/mol. The van der Waals surface area contributed by atoms with Crippen LogP contribution < -0.4 is 19.5 Å². The third kappa shape index (κ3) is 4.20. The van der Waals surface area contributed by atoms with Gasteiger partial charge in [-0.3, -0.25) is 9.52 Å². The van der Waals surface area contributed by atoms with Crippen LogP contribution in [-0.4, -0.2) is 27.5 Å². The van der Waals surface area contributed by atoms with Crippen LogP contribution in [0, 0.1) is 5.82 Å². The minimum Gasteiger partial charge on any atom is -0.486 e. The maximum Gasteiger partial charge on any atom is 0.262 e. The number of halogens is 1. The molecule has 1 aliphatic rings. The molecule has 154 valence electrons. The van der Waals surface area contributed by atoms with Crippen LogP contribution in [0.5, 0.6) is 11.5 Å². The van der Waals surface area contributed by atoms with E-state index in [9.17, 15) is 17.6 Å². The van der Waals surface area contributed by atoms with Crippen molar-refractivity contribution in [2.75, 3.05) is 23.3 Å². The third-order valence-corrected chi connectivity index (χ3v) is 5.71. The van der Waals surface area contributed by atoms with E-state index in [-0.39, 0.29) is 16.1 Å². The van der Waals surface area contributed by atoms with Crippen molar-refractivity contribution in [2.45, 2.75) is 4.90 Å². The number of ether oxygens (including phenoxy) is 2. The first kappa shape index (κ1) is 19.7. The van der Waals surface area contributed by atoms with Crippen LogP contribution >= 0.6 is 0 Å². The Morgan fingerprint density at radius 3 is 2.37 bits per heavy atom. The van der Waals surface area contributed by atoms with E-state index < -0.39 is 21.7 Å². The lowest BCUT2D eigenvalue weighted by Crippen LogP contribution is -2.19. The molecule has 3 aromatic rings. The number of benzene rings is 3. The zero-order chi connectivity index (χ0) is 21.1. The molecule has 0 atom stereocenters. The molecule has 0 saturated carbocycles. The molecular formula is C21H17FN2O5S. The molecule has 7 nitrogen and oxygen atoms in total. The molecular weight excluding hydrogens is 411 g/mol. The minimum absolute atomic E-state index is 0.0273. The van der Waals surface area contributed by atoms with Gasteiger partial charge >= 0.3 is 0 Å². The van der Waals surface area contributed by atoms with Crippen LogP contribution in [0.4, 0.5) is 15.8 Å². The van der Waals surface area contributed by atoms with Crippen molar-refractivity contribution in [3.05, 3.63) is 78.1 Å². The van der Waals surface area contributed by atoms with E-state index in [0.717, 1.165) is 0 Å². The number of sulfonamides is 1.